The van der Waals surface area contributed by atoms with E-state index in [2.05, 4.69) is 59.9 Å². The maximum absolute atomic E-state index is 3.58. The van der Waals surface area contributed by atoms with Crippen molar-refractivity contribution in [3.05, 3.63) is 60.2 Å². The fourth-order valence-electron chi connectivity index (χ4n) is 2.63. The van der Waals surface area contributed by atoms with Crippen molar-refractivity contribution in [2.45, 2.75) is 18.9 Å². The number of hydrogen-bond donors (Lipinski definition) is 1. The van der Waals surface area contributed by atoms with Gasteiger partial charge in [-0.3, -0.25) is 0 Å². The fraction of sp³-hybridized carbons (Fsp3) is 0.250. The highest BCUT2D eigenvalue weighted by atomic mass is 14.9. The van der Waals surface area contributed by atoms with Gasteiger partial charge in [0, 0.05) is 6.04 Å². The quantitative estimate of drug-likeness (QED) is 0.817. The van der Waals surface area contributed by atoms with Gasteiger partial charge in [-0.15, -0.1) is 0 Å². The Morgan fingerprint density at radius 3 is 2.41 bits per heavy atom. The Morgan fingerprint density at radius 2 is 1.65 bits per heavy atom. The zero-order valence-corrected chi connectivity index (χ0v) is 9.89. The second-order valence-corrected chi connectivity index (χ2v) is 4.60. The average Bonchev–Trinajstić information content (AvgIpc) is 2.94. The summed E-state index contributed by atoms with van der Waals surface area (Å²) in [5.41, 5.74) is 4.13. The summed E-state index contributed by atoms with van der Waals surface area (Å²) in [5, 5.41) is 3.58. The molecule has 0 unspecified atom stereocenters. The van der Waals surface area contributed by atoms with Gasteiger partial charge in [0.2, 0.25) is 0 Å². The maximum atomic E-state index is 3.58. The molecule has 1 nitrogen and oxygen atoms in total. The summed E-state index contributed by atoms with van der Waals surface area (Å²) in [6, 6.07) is 19.9. The number of rotatable bonds is 2. The topological polar surface area (TPSA) is 12.0 Å². The molecule has 0 saturated carbocycles. The smallest absolute Gasteiger partial charge is 0.0326 e. The van der Waals surface area contributed by atoms with E-state index in [1.165, 1.54) is 29.5 Å². The van der Waals surface area contributed by atoms with Crippen molar-refractivity contribution >= 4 is 0 Å². The van der Waals surface area contributed by atoms with Gasteiger partial charge < -0.3 is 5.32 Å². The molecule has 0 radical (unpaired) electrons. The van der Waals surface area contributed by atoms with Crippen LogP contribution in [0.2, 0.25) is 0 Å². The minimum Gasteiger partial charge on any atom is -0.310 e. The Hall–Kier alpha value is -1.60. The van der Waals surface area contributed by atoms with Gasteiger partial charge in [0.25, 0.3) is 0 Å². The van der Waals surface area contributed by atoms with Crippen LogP contribution in [0.15, 0.2) is 54.6 Å². The summed E-state index contributed by atoms with van der Waals surface area (Å²) in [7, 11) is 0. The van der Waals surface area contributed by atoms with Crippen molar-refractivity contribution in [3.8, 4) is 11.1 Å². The van der Waals surface area contributed by atoms with Crippen LogP contribution in [-0.4, -0.2) is 6.54 Å². The number of hydrogen-bond acceptors (Lipinski definition) is 1. The second kappa shape index (κ2) is 4.72. The summed E-state index contributed by atoms with van der Waals surface area (Å²) < 4.78 is 0. The monoisotopic (exact) mass is 223 g/mol. The van der Waals surface area contributed by atoms with E-state index < -0.39 is 0 Å². The van der Waals surface area contributed by atoms with E-state index >= 15 is 0 Å². The molecule has 86 valence electrons. The lowest BCUT2D eigenvalue weighted by Gasteiger charge is -2.16. The van der Waals surface area contributed by atoms with Gasteiger partial charge in [-0.1, -0.05) is 54.6 Å². The van der Waals surface area contributed by atoms with Gasteiger partial charge in [-0.2, -0.15) is 0 Å². The molecule has 17 heavy (non-hydrogen) atoms. The van der Waals surface area contributed by atoms with Crippen molar-refractivity contribution in [2.75, 3.05) is 6.54 Å². The molecule has 1 heterocycles. The van der Waals surface area contributed by atoms with Gasteiger partial charge >= 0.3 is 0 Å². The summed E-state index contributed by atoms with van der Waals surface area (Å²) in [5.74, 6) is 0. The molecule has 1 atom stereocenters. The largest absolute Gasteiger partial charge is 0.310 e. The number of benzene rings is 2. The Bertz CT molecular complexity index is 484. The van der Waals surface area contributed by atoms with Gasteiger partial charge in [0.05, 0.1) is 0 Å². The van der Waals surface area contributed by atoms with Crippen LogP contribution < -0.4 is 5.32 Å². The summed E-state index contributed by atoms with van der Waals surface area (Å²) in [4.78, 5) is 0. The Kier molecular flexibility index (Phi) is 2.93. The third-order valence-corrected chi connectivity index (χ3v) is 3.48. The summed E-state index contributed by atoms with van der Waals surface area (Å²) >= 11 is 0. The molecule has 1 fully saturated rings. The normalized spacial score (nSPS) is 19.4. The van der Waals surface area contributed by atoms with Gasteiger partial charge in [0.1, 0.15) is 0 Å². The van der Waals surface area contributed by atoms with E-state index in [0.29, 0.717) is 6.04 Å². The molecule has 0 aromatic heterocycles. The SMILES string of the molecule is c1ccc(-c2ccccc2[C@@H]2CCCN2)cc1. The molecular weight excluding hydrogens is 206 g/mol. The molecule has 0 bridgehead atoms. The molecule has 1 aliphatic rings. The first kappa shape index (κ1) is 10.5. The predicted octanol–water partition coefficient (Wildman–Crippen LogP) is 3.78. The molecular formula is C16H17N. The van der Waals surface area contributed by atoms with Crippen LogP contribution >= 0.6 is 0 Å². The first-order chi connectivity index (χ1) is 8.45. The second-order valence-electron chi connectivity index (χ2n) is 4.60. The molecule has 0 spiro atoms. The highest BCUT2D eigenvalue weighted by Gasteiger charge is 2.18. The first-order valence-corrected chi connectivity index (χ1v) is 6.33. The Morgan fingerprint density at radius 1 is 0.882 bits per heavy atom. The Balaban J connectivity index is 2.04. The van der Waals surface area contributed by atoms with Crippen LogP contribution in [0.3, 0.4) is 0 Å². The zero-order chi connectivity index (χ0) is 11.5. The molecule has 1 N–H and O–H groups in total. The van der Waals surface area contributed by atoms with Gasteiger partial charge in [-0.25, -0.2) is 0 Å². The Labute approximate surface area is 102 Å². The van der Waals surface area contributed by atoms with E-state index in [1.54, 1.807) is 0 Å². The van der Waals surface area contributed by atoms with Crippen molar-refractivity contribution in [1.29, 1.82) is 0 Å². The van der Waals surface area contributed by atoms with Crippen molar-refractivity contribution in [2.24, 2.45) is 0 Å². The van der Waals surface area contributed by atoms with Crippen molar-refractivity contribution in [1.82, 2.24) is 5.32 Å². The van der Waals surface area contributed by atoms with Crippen LogP contribution in [-0.2, 0) is 0 Å². The van der Waals surface area contributed by atoms with Crippen LogP contribution in [0.1, 0.15) is 24.4 Å². The molecule has 1 heteroatoms. The highest BCUT2D eigenvalue weighted by Crippen LogP contribution is 2.32. The van der Waals surface area contributed by atoms with Crippen LogP contribution in [0.4, 0.5) is 0 Å². The predicted molar refractivity (Wildman–Crippen MR) is 71.9 cm³/mol. The van der Waals surface area contributed by atoms with Gasteiger partial charge in [-0.05, 0) is 36.1 Å². The van der Waals surface area contributed by atoms with Crippen LogP contribution in [0.5, 0.6) is 0 Å². The minimum absolute atomic E-state index is 0.534. The maximum Gasteiger partial charge on any atom is 0.0326 e. The van der Waals surface area contributed by atoms with Crippen molar-refractivity contribution < 1.29 is 0 Å². The summed E-state index contributed by atoms with van der Waals surface area (Å²) in [6.45, 7) is 1.15. The average molecular weight is 223 g/mol. The molecule has 0 amide bonds. The van der Waals surface area contributed by atoms with Crippen molar-refractivity contribution in [3.63, 3.8) is 0 Å². The highest BCUT2D eigenvalue weighted by molar-refractivity contribution is 5.67. The number of nitrogens with one attached hydrogen (secondary N) is 1. The lowest BCUT2D eigenvalue weighted by Crippen LogP contribution is -2.13. The molecule has 1 saturated heterocycles. The van der Waals surface area contributed by atoms with Gasteiger partial charge in [0.15, 0.2) is 0 Å². The standard InChI is InChI=1S/C16H17N/c1-2-7-13(8-3-1)14-9-4-5-10-15(14)16-11-6-12-17-16/h1-5,7-10,16-17H,6,11-12H2/t16-/m0/s1. The fourth-order valence-corrected chi connectivity index (χ4v) is 2.63. The molecule has 2 aromatic rings. The third-order valence-electron chi connectivity index (χ3n) is 3.48. The summed E-state index contributed by atoms with van der Waals surface area (Å²) in [6.07, 6.45) is 2.54. The van der Waals surface area contributed by atoms with E-state index in [0.717, 1.165) is 6.54 Å². The van der Waals surface area contributed by atoms with E-state index in [9.17, 15) is 0 Å². The van der Waals surface area contributed by atoms with E-state index in [-0.39, 0.29) is 0 Å². The minimum atomic E-state index is 0.534. The lowest BCUT2D eigenvalue weighted by molar-refractivity contribution is 0.649. The molecule has 2 aromatic carbocycles. The van der Waals surface area contributed by atoms with E-state index in [4.69, 9.17) is 0 Å². The van der Waals surface area contributed by atoms with Crippen LogP contribution in [0, 0.1) is 0 Å². The third kappa shape index (κ3) is 2.11. The zero-order valence-electron chi connectivity index (χ0n) is 9.89. The van der Waals surface area contributed by atoms with Crippen LogP contribution in [0.25, 0.3) is 11.1 Å². The first-order valence-electron chi connectivity index (χ1n) is 6.33. The molecule has 1 aliphatic heterocycles. The molecule has 3 rings (SSSR count). The van der Waals surface area contributed by atoms with E-state index in [1.807, 2.05) is 0 Å². The molecule has 0 aliphatic carbocycles. The lowest BCUT2D eigenvalue weighted by atomic mass is 9.94.